The molecular formula is C24H26BrNO5. The van der Waals surface area contributed by atoms with E-state index < -0.39 is 17.7 Å². The molecule has 1 amide bonds. The third-order valence-corrected chi connectivity index (χ3v) is 5.59. The number of aliphatic hydroxyl groups is 1. The first-order chi connectivity index (χ1) is 14.8. The van der Waals surface area contributed by atoms with Crippen LogP contribution in [-0.2, 0) is 14.3 Å². The van der Waals surface area contributed by atoms with E-state index in [2.05, 4.69) is 15.9 Å². The van der Waals surface area contributed by atoms with E-state index in [1.807, 2.05) is 38.1 Å². The second-order valence-corrected chi connectivity index (χ2v) is 8.46. The molecule has 1 heterocycles. The molecule has 0 radical (unpaired) electrons. The van der Waals surface area contributed by atoms with E-state index in [9.17, 15) is 14.7 Å². The van der Waals surface area contributed by atoms with Crippen LogP contribution in [0.3, 0.4) is 0 Å². The van der Waals surface area contributed by atoms with Crippen molar-refractivity contribution in [1.29, 1.82) is 0 Å². The Kier molecular flexibility index (Phi) is 7.51. The smallest absolute Gasteiger partial charge is 0.295 e. The third kappa shape index (κ3) is 5.17. The second kappa shape index (κ2) is 10.1. The van der Waals surface area contributed by atoms with E-state index in [-0.39, 0.29) is 17.4 Å². The zero-order valence-electron chi connectivity index (χ0n) is 17.8. The SMILES string of the molecule is COc1cccc(C(O)=C2C(=O)C(=O)N(CCCOC(C)C)[C@H]2c2ccc(Br)cc2)c1. The molecule has 164 valence electrons. The number of carbonyl (C=O) groups is 2. The van der Waals surface area contributed by atoms with Gasteiger partial charge in [-0.1, -0.05) is 40.2 Å². The maximum Gasteiger partial charge on any atom is 0.295 e. The molecule has 31 heavy (non-hydrogen) atoms. The summed E-state index contributed by atoms with van der Waals surface area (Å²) >= 11 is 3.42. The van der Waals surface area contributed by atoms with Crippen molar-refractivity contribution in [3.05, 3.63) is 69.7 Å². The Hall–Kier alpha value is -2.64. The third-order valence-electron chi connectivity index (χ3n) is 5.06. The zero-order chi connectivity index (χ0) is 22.5. The predicted molar refractivity (Wildman–Crippen MR) is 122 cm³/mol. The average molecular weight is 488 g/mol. The topological polar surface area (TPSA) is 76.1 Å². The van der Waals surface area contributed by atoms with Gasteiger partial charge in [0.15, 0.2) is 0 Å². The van der Waals surface area contributed by atoms with Gasteiger partial charge in [0, 0.05) is 23.2 Å². The van der Waals surface area contributed by atoms with Crippen molar-refractivity contribution in [2.75, 3.05) is 20.3 Å². The number of rotatable bonds is 8. The summed E-state index contributed by atoms with van der Waals surface area (Å²) in [7, 11) is 1.53. The molecule has 1 fully saturated rings. The molecule has 1 atom stereocenters. The van der Waals surface area contributed by atoms with Gasteiger partial charge < -0.3 is 19.5 Å². The van der Waals surface area contributed by atoms with Crippen LogP contribution in [0.4, 0.5) is 0 Å². The van der Waals surface area contributed by atoms with Crippen LogP contribution < -0.4 is 4.74 Å². The highest BCUT2D eigenvalue weighted by Crippen LogP contribution is 2.40. The molecule has 3 rings (SSSR count). The maximum atomic E-state index is 13.0. The first kappa shape index (κ1) is 23.0. The minimum absolute atomic E-state index is 0.0744. The minimum atomic E-state index is -0.696. The number of ketones is 1. The summed E-state index contributed by atoms with van der Waals surface area (Å²) in [5, 5.41) is 11.1. The van der Waals surface area contributed by atoms with Gasteiger partial charge in [0.2, 0.25) is 0 Å². The average Bonchev–Trinajstić information content (AvgIpc) is 3.01. The number of benzene rings is 2. The van der Waals surface area contributed by atoms with Crippen molar-refractivity contribution in [2.45, 2.75) is 32.4 Å². The number of carbonyl (C=O) groups excluding carboxylic acids is 2. The first-order valence-corrected chi connectivity index (χ1v) is 10.9. The summed E-state index contributed by atoms with van der Waals surface area (Å²) in [6, 6.07) is 13.5. The van der Waals surface area contributed by atoms with E-state index in [0.717, 1.165) is 10.0 Å². The number of likely N-dealkylation sites (tertiary alicyclic amines) is 1. The van der Waals surface area contributed by atoms with Crippen molar-refractivity contribution < 1.29 is 24.2 Å². The predicted octanol–water partition coefficient (Wildman–Crippen LogP) is 4.69. The van der Waals surface area contributed by atoms with E-state index in [1.54, 1.807) is 24.3 Å². The molecule has 7 heteroatoms. The molecule has 6 nitrogen and oxygen atoms in total. The molecule has 0 unspecified atom stereocenters. The van der Waals surface area contributed by atoms with E-state index in [1.165, 1.54) is 12.0 Å². The van der Waals surface area contributed by atoms with Crippen LogP contribution in [0, 0.1) is 0 Å². The van der Waals surface area contributed by atoms with Gasteiger partial charge in [-0.2, -0.15) is 0 Å². The summed E-state index contributed by atoms with van der Waals surface area (Å²) in [5.74, 6) is -0.990. The van der Waals surface area contributed by atoms with Crippen LogP contribution in [0.1, 0.15) is 37.4 Å². The summed E-state index contributed by atoms with van der Waals surface area (Å²) in [6.07, 6.45) is 0.669. The lowest BCUT2D eigenvalue weighted by atomic mass is 9.95. The highest BCUT2D eigenvalue weighted by molar-refractivity contribution is 9.10. The largest absolute Gasteiger partial charge is 0.507 e. The molecule has 2 aromatic carbocycles. The molecule has 0 saturated carbocycles. The number of aliphatic hydroxyl groups excluding tert-OH is 1. The highest BCUT2D eigenvalue weighted by atomic mass is 79.9. The Morgan fingerprint density at radius 2 is 1.87 bits per heavy atom. The fraction of sp³-hybridized carbons (Fsp3) is 0.333. The Balaban J connectivity index is 2.03. The molecule has 1 N–H and O–H groups in total. The lowest BCUT2D eigenvalue weighted by Gasteiger charge is -2.25. The Bertz CT molecular complexity index is 984. The number of hydrogen-bond donors (Lipinski definition) is 1. The van der Waals surface area contributed by atoms with Gasteiger partial charge in [-0.15, -0.1) is 0 Å². The quantitative estimate of drug-likeness (QED) is 0.253. The van der Waals surface area contributed by atoms with Gasteiger partial charge in [0.1, 0.15) is 11.5 Å². The van der Waals surface area contributed by atoms with Crippen LogP contribution >= 0.6 is 15.9 Å². The van der Waals surface area contributed by atoms with Gasteiger partial charge in [-0.05, 0) is 50.1 Å². The van der Waals surface area contributed by atoms with Gasteiger partial charge >= 0.3 is 0 Å². The highest BCUT2D eigenvalue weighted by Gasteiger charge is 2.45. The van der Waals surface area contributed by atoms with E-state index in [0.29, 0.717) is 30.9 Å². The Morgan fingerprint density at radius 1 is 1.16 bits per heavy atom. The lowest BCUT2D eigenvalue weighted by Crippen LogP contribution is -2.31. The molecule has 0 spiro atoms. The standard InChI is InChI=1S/C24H26BrNO5/c1-15(2)31-13-5-12-26-21(16-8-10-18(25)11-9-16)20(23(28)24(26)29)22(27)17-6-4-7-19(14-17)30-3/h4,6-11,14-15,21,27H,5,12-13H2,1-3H3/t21-/m0/s1. The summed E-state index contributed by atoms with van der Waals surface area (Å²) < 4.78 is 11.7. The van der Waals surface area contributed by atoms with Crippen LogP contribution in [-0.4, -0.2) is 48.1 Å². The van der Waals surface area contributed by atoms with Crippen molar-refractivity contribution in [1.82, 2.24) is 4.90 Å². The zero-order valence-corrected chi connectivity index (χ0v) is 19.4. The molecular weight excluding hydrogens is 462 g/mol. The first-order valence-electron chi connectivity index (χ1n) is 10.1. The maximum absolute atomic E-state index is 13.0. The Labute approximate surface area is 190 Å². The van der Waals surface area contributed by atoms with Gasteiger partial charge in [0.05, 0.1) is 24.8 Å². The normalized spacial score (nSPS) is 18.1. The number of amides is 1. The lowest BCUT2D eigenvalue weighted by molar-refractivity contribution is -0.140. The summed E-state index contributed by atoms with van der Waals surface area (Å²) in [5.41, 5.74) is 1.24. The van der Waals surface area contributed by atoms with E-state index >= 15 is 0 Å². The van der Waals surface area contributed by atoms with E-state index in [4.69, 9.17) is 9.47 Å². The number of Topliss-reactive ketones (excluding diaryl/α,β-unsaturated/α-hetero) is 1. The van der Waals surface area contributed by atoms with Crippen LogP contribution in [0.2, 0.25) is 0 Å². The number of ether oxygens (including phenoxy) is 2. The van der Waals surface area contributed by atoms with Gasteiger partial charge in [-0.3, -0.25) is 9.59 Å². The fourth-order valence-corrected chi connectivity index (χ4v) is 3.85. The van der Waals surface area contributed by atoms with Crippen molar-refractivity contribution in [2.24, 2.45) is 0 Å². The van der Waals surface area contributed by atoms with Crippen molar-refractivity contribution in [3.8, 4) is 5.75 Å². The Morgan fingerprint density at radius 3 is 2.52 bits per heavy atom. The summed E-state index contributed by atoms with van der Waals surface area (Å²) in [6.45, 7) is 4.71. The molecule has 2 aromatic rings. The molecule has 1 aliphatic rings. The number of halogens is 1. The molecule has 1 aliphatic heterocycles. The van der Waals surface area contributed by atoms with Crippen LogP contribution in [0.25, 0.3) is 5.76 Å². The minimum Gasteiger partial charge on any atom is -0.507 e. The monoisotopic (exact) mass is 487 g/mol. The number of nitrogens with zero attached hydrogens (tertiary/aromatic N) is 1. The number of methoxy groups -OCH3 is 1. The molecule has 1 saturated heterocycles. The van der Waals surface area contributed by atoms with Gasteiger partial charge in [0.25, 0.3) is 11.7 Å². The second-order valence-electron chi connectivity index (χ2n) is 7.55. The van der Waals surface area contributed by atoms with Crippen molar-refractivity contribution >= 4 is 33.4 Å². The molecule has 0 aliphatic carbocycles. The summed E-state index contributed by atoms with van der Waals surface area (Å²) in [4.78, 5) is 27.4. The van der Waals surface area contributed by atoms with Gasteiger partial charge in [-0.25, -0.2) is 0 Å². The van der Waals surface area contributed by atoms with Crippen LogP contribution in [0.5, 0.6) is 5.75 Å². The fourth-order valence-electron chi connectivity index (χ4n) is 3.58. The van der Waals surface area contributed by atoms with Crippen molar-refractivity contribution in [3.63, 3.8) is 0 Å². The number of hydrogen-bond acceptors (Lipinski definition) is 5. The molecule has 0 aromatic heterocycles. The van der Waals surface area contributed by atoms with Crippen LogP contribution in [0.15, 0.2) is 58.6 Å². The molecule has 0 bridgehead atoms.